The molecule has 0 bridgehead atoms. The molecule has 0 fully saturated rings. The number of anilines is 2. The number of rotatable bonds is 12. The highest BCUT2D eigenvalue weighted by molar-refractivity contribution is 6.07. The Hall–Kier alpha value is -5.24. The van der Waals surface area contributed by atoms with E-state index < -0.39 is 0 Å². The van der Waals surface area contributed by atoms with Crippen molar-refractivity contribution in [2.24, 2.45) is 0 Å². The van der Waals surface area contributed by atoms with Gasteiger partial charge < -0.3 is 29.6 Å². The van der Waals surface area contributed by atoms with Crippen molar-refractivity contribution in [2.45, 2.75) is 13.8 Å². The summed E-state index contributed by atoms with van der Waals surface area (Å²) in [7, 11) is 3.05. The van der Waals surface area contributed by atoms with Gasteiger partial charge in [-0.05, 0) is 79.1 Å². The number of carbonyl (C=O) groups excluding carboxylic acids is 2. The van der Waals surface area contributed by atoms with Gasteiger partial charge >= 0.3 is 0 Å². The van der Waals surface area contributed by atoms with Crippen molar-refractivity contribution in [1.29, 1.82) is 0 Å². The molecule has 0 saturated carbocycles. The van der Waals surface area contributed by atoms with Crippen LogP contribution in [0, 0.1) is 13.8 Å². The average Bonchev–Trinajstić information content (AvgIpc) is 3.00. The van der Waals surface area contributed by atoms with E-state index in [2.05, 4.69) is 17.2 Å². The molecule has 0 spiro atoms. The molecule has 0 saturated heterocycles. The zero-order valence-corrected chi connectivity index (χ0v) is 24.2. The lowest BCUT2D eigenvalue weighted by Crippen LogP contribution is -2.16. The molecule has 0 radical (unpaired) electrons. The zero-order chi connectivity index (χ0) is 30.1. The molecule has 0 aliphatic carbocycles. The van der Waals surface area contributed by atoms with Crippen molar-refractivity contribution in [3.05, 3.63) is 119 Å². The number of benzene rings is 4. The first-order valence-corrected chi connectivity index (χ1v) is 13.3. The lowest BCUT2D eigenvalue weighted by atomic mass is 10.1. The molecule has 2 N–H and O–H groups in total. The van der Waals surface area contributed by atoms with Crippen LogP contribution in [-0.2, 0) is 0 Å². The second-order valence-corrected chi connectivity index (χ2v) is 9.64. The van der Waals surface area contributed by atoms with Crippen LogP contribution in [0.15, 0.2) is 97.1 Å². The van der Waals surface area contributed by atoms with Crippen LogP contribution in [0.1, 0.15) is 31.8 Å². The maximum atomic E-state index is 13.0. The monoisotopic (exact) mass is 566 g/mol. The van der Waals surface area contributed by atoms with Gasteiger partial charge in [-0.2, -0.15) is 0 Å². The Morgan fingerprint density at radius 2 is 1.02 bits per heavy atom. The summed E-state index contributed by atoms with van der Waals surface area (Å²) >= 11 is 0. The third-order valence-electron chi connectivity index (χ3n) is 6.33. The highest BCUT2D eigenvalue weighted by atomic mass is 16.5. The standard InChI is InChI=1S/C34H34N2O6/c1-22-14-16-31(27(18-22)35-33(37)25-10-6-8-12-29(25)39-4)41-20-24(3)21-42-32-17-15-23(2)19-28(32)36-34(38)26-11-7-9-13-30(26)40-5/h6-19H,3,20-21H2,1-2,4-5H3,(H,35,37)(H,36,38). The van der Waals surface area contributed by atoms with Crippen molar-refractivity contribution in [3.63, 3.8) is 0 Å². The third-order valence-corrected chi connectivity index (χ3v) is 6.33. The molecule has 4 aromatic carbocycles. The van der Waals surface area contributed by atoms with E-state index in [1.165, 1.54) is 14.2 Å². The molecule has 0 aromatic heterocycles. The Labute approximate surface area is 245 Å². The molecule has 0 aliphatic rings. The van der Waals surface area contributed by atoms with Gasteiger partial charge in [0.25, 0.3) is 11.8 Å². The maximum Gasteiger partial charge on any atom is 0.259 e. The minimum absolute atomic E-state index is 0.148. The van der Waals surface area contributed by atoms with Crippen molar-refractivity contribution in [2.75, 3.05) is 38.1 Å². The number of methoxy groups -OCH3 is 2. The van der Waals surface area contributed by atoms with E-state index in [9.17, 15) is 9.59 Å². The second-order valence-electron chi connectivity index (χ2n) is 9.64. The molecule has 8 nitrogen and oxygen atoms in total. The predicted molar refractivity (Wildman–Crippen MR) is 164 cm³/mol. The molecule has 0 unspecified atom stereocenters. The SMILES string of the molecule is C=C(COc1ccc(C)cc1NC(=O)c1ccccc1OC)COc1ccc(C)cc1NC(=O)c1ccccc1OC. The second kappa shape index (κ2) is 13.9. The molecule has 0 heterocycles. The minimum Gasteiger partial charge on any atom is -0.496 e. The number of hydrogen-bond acceptors (Lipinski definition) is 6. The van der Waals surface area contributed by atoms with Crippen LogP contribution < -0.4 is 29.6 Å². The Bertz CT molecular complexity index is 1480. The van der Waals surface area contributed by atoms with Gasteiger partial charge in [0.1, 0.15) is 36.2 Å². The number of carbonyl (C=O) groups is 2. The Morgan fingerprint density at radius 3 is 1.43 bits per heavy atom. The molecule has 4 aromatic rings. The summed E-state index contributed by atoms with van der Waals surface area (Å²) in [5.41, 5.74) is 4.46. The Kier molecular flexibility index (Phi) is 9.84. The van der Waals surface area contributed by atoms with Crippen molar-refractivity contribution in [3.8, 4) is 23.0 Å². The van der Waals surface area contributed by atoms with Gasteiger partial charge in [-0.3, -0.25) is 9.59 Å². The van der Waals surface area contributed by atoms with Crippen LogP contribution in [0.5, 0.6) is 23.0 Å². The largest absolute Gasteiger partial charge is 0.496 e. The summed E-state index contributed by atoms with van der Waals surface area (Å²) < 4.78 is 22.7. The maximum absolute atomic E-state index is 13.0. The van der Waals surface area contributed by atoms with E-state index >= 15 is 0 Å². The number of ether oxygens (including phenoxy) is 4. The number of hydrogen-bond donors (Lipinski definition) is 2. The molecule has 42 heavy (non-hydrogen) atoms. The van der Waals surface area contributed by atoms with Gasteiger partial charge in [0.2, 0.25) is 0 Å². The van der Waals surface area contributed by atoms with Gasteiger partial charge in [0.05, 0.1) is 36.7 Å². The molecule has 8 heteroatoms. The topological polar surface area (TPSA) is 95.1 Å². The van der Waals surface area contributed by atoms with Gasteiger partial charge in [0, 0.05) is 0 Å². The van der Waals surface area contributed by atoms with Crippen molar-refractivity contribution in [1.82, 2.24) is 0 Å². The quantitative estimate of drug-likeness (QED) is 0.182. The molecule has 4 rings (SSSR count). The fourth-order valence-electron chi connectivity index (χ4n) is 4.18. The van der Waals surface area contributed by atoms with E-state index in [1.807, 2.05) is 38.1 Å². The van der Waals surface area contributed by atoms with Crippen LogP contribution in [-0.4, -0.2) is 39.2 Å². The number of nitrogens with one attached hydrogen (secondary N) is 2. The minimum atomic E-state index is -0.313. The van der Waals surface area contributed by atoms with E-state index in [-0.39, 0.29) is 25.0 Å². The van der Waals surface area contributed by atoms with Crippen LogP contribution in [0.2, 0.25) is 0 Å². The summed E-state index contributed by atoms with van der Waals surface area (Å²) in [4.78, 5) is 26.0. The van der Waals surface area contributed by atoms with Crippen LogP contribution in [0.4, 0.5) is 11.4 Å². The van der Waals surface area contributed by atoms with Crippen LogP contribution in [0.25, 0.3) is 0 Å². The zero-order valence-electron chi connectivity index (χ0n) is 24.2. The normalized spacial score (nSPS) is 10.4. The molecule has 0 aliphatic heterocycles. The summed E-state index contributed by atoms with van der Waals surface area (Å²) in [6.07, 6.45) is 0. The average molecular weight is 567 g/mol. The van der Waals surface area contributed by atoms with Crippen LogP contribution >= 0.6 is 0 Å². The summed E-state index contributed by atoms with van der Waals surface area (Å²) in [6, 6.07) is 25.1. The van der Waals surface area contributed by atoms with E-state index in [1.54, 1.807) is 60.7 Å². The first kappa shape index (κ1) is 29.7. The van der Waals surface area contributed by atoms with Gasteiger partial charge in [-0.15, -0.1) is 0 Å². The summed E-state index contributed by atoms with van der Waals surface area (Å²) in [5, 5.41) is 5.85. The number of para-hydroxylation sites is 2. The summed E-state index contributed by atoms with van der Waals surface area (Å²) in [5.74, 6) is 1.31. The molecule has 0 atom stereocenters. The lowest BCUT2D eigenvalue weighted by molar-refractivity contribution is 0.101. The first-order chi connectivity index (χ1) is 20.3. The first-order valence-electron chi connectivity index (χ1n) is 13.3. The number of aryl methyl sites for hydroxylation is 2. The van der Waals surface area contributed by atoms with Crippen molar-refractivity contribution >= 4 is 23.2 Å². The summed E-state index contributed by atoms with van der Waals surface area (Å²) in [6.45, 7) is 8.24. The molecular formula is C34H34N2O6. The fourth-order valence-corrected chi connectivity index (χ4v) is 4.18. The predicted octanol–water partition coefficient (Wildman–Crippen LogP) is 6.84. The lowest BCUT2D eigenvalue weighted by Gasteiger charge is -2.17. The smallest absolute Gasteiger partial charge is 0.259 e. The Morgan fingerprint density at radius 1 is 0.619 bits per heavy atom. The van der Waals surface area contributed by atoms with Gasteiger partial charge in [-0.25, -0.2) is 0 Å². The number of amides is 2. The van der Waals surface area contributed by atoms with E-state index in [4.69, 9.17) is 18.9 Å². The third kappa shape index (κ3) is 7.48. The molecule has 216 valence electrons. The van der Waals surface area contributed by atoms with E-state index in [0.717, 1.165) is 11.1 Å². The van der Waals surface area contributed by atoms with Gasteiger partial charge in [0.15, 0.2) is 0 Å². The van der Waals surface area contributed by atoms with E-state index in [0.29, 0.717) is 51.1 Å². The highest BCUT2D eigenvalue weighted by Crippen LogP contribution is 2.30. The van der Waals surface area contributed by atoms with Gasteiger partial charge in [-0.1, -0.05) is 43.0 Å². The Balaban J connectivity index is 1.40. The van der Waals surface area contributed by atoms with Crippen molar-refractivity contribution < 1.29 is 28.5 Å². The highest BCUT2D eigenvalue weighted by Gasteiger charge is 2.16. The molecule has 2 amide bonds. The fraction of sp³-hybridized carbons (Fsp3) is 0.176. The van der Waals surface area contributed by atoms with Crippen LogP contribution in [0.3, 0.4) is 0 Å². The molecular weight excluding hydrogens is 532 g/mol.